The largest absolute Gasteiger partial charge is 0.386 e. The molecule has 0 saturated heterocycles. The van der Waals surface area contributed by atoms with Crippen molar-refractivity contribution in [3.05, 3.63) is 16.1 Å². The summed E-state index contributed by atoms with van der Waals surface area (Å²) in [6.45, 7) is 1.58. The molecule has 0 radical (unpaired) electrons. The van der Waals surface area contributed by atoms with Crippen LogP contribution < -0.4 is 0 Å². The molecule has 0 aliphatic rings. The molecule has 0 saturated carbocycles. The minimum Gasteiger partial charge on any atom is -0.386 e. The van der Waals surface area contributed by atoms with Gasteiger partial charge in [-0.25, -0.2) is 4.98 Å². The molecule has 0 aliphatic carbocycles. The number of aromatic nitrogens is 1. The zero-order valence-electron chi connectivity index (χ0n) is 5.93. The van der Waals surface area contributed by atoms with E-state index in [-0.39, 0.29) is 5.69 Å². The van der Waals surface area contributed by atoms with Crippen molar-refractivity contribution in [2.75, 3.05) is 0 Å². The molecular weight excluding hydrogens is 166 g/mol. The highest BCUT2D eigenvalue weighted by atomic mass is 32.1. The predicted molar refractivity (Wildman–Crippen MR) is 39.9 cm³/mol. The third kappa shape index (κ3) is 1.97. The van der Waals surface area contributed by atoms with Gasteiger partial charge in [0.15, 0.2) is 6.29 Å². The molecule has 62 valence electrons. The van der Waals surface area contributed by atoms with Crippen molar-refractivity contribution in [3.8, 4) is 0 Å². The number of aliphatic hydroxyl groups excluding tert-OH is 2. The van der Waals surface area contributed by atoms with E-state index < -0.39 is 12.4 Å². The zero-order valence-corrected chi connectivity index (χ0v) is 6.75. The minimum absolute atomic E-state index is 0.186. The smallest absolute Gasteiger partial charge is 0.196 e. The van der Waals surface area contributed by atoms with Crippen LogP contribution in [0.5, 0.6) is 0 Å². The molecule has 0 aliphatic heterocycles. The fraction of sp³-hybridized carbons (Fsp3) is 0.500. The fourth-order valence-corrected chi connectivity index (χ4v) is 1.38. The molecule has 5 heteroatoms. The Bertz CT molecular complexity index is 211. The van der Waals surface area contributed by atoms with Crippen molar-refractivity contribution in [3.63, 3.8) is 0 Å². The summed E-state index contributed by atoms with van der Waals surface area (Å²) in [6.07, 6.45) is -2.19. The van der Waals surface area contributed by atoms with Crippen LogP contribution in [0.25, 0.3) is 0 Å². The van der Waals surface area contributed by atoms with Gasteiger partial charge in [-0.05, 0) is 6.92 Å². The maximum absolute atomic E-state index is 9.00. The number of aliphatic hydroxyl groups is 3. The first-order chi connectivity index (χ1) is 5.11. The van der Waals surface area contributed by atoms with E-state index in [9.17, 15) is 0 Å². The van der Waals surface area contributed by atoms with Crippen molar-refractivity contribution < 1.29 is 15.3 Å². The van der Waals surface area contributed by atoms with E-state index in [1.54, 1.807) is 6.92 Å². The third-order valence-electron chi connectivity index (χ3n) is 1.16. The van der Waals surface area contributed by atoms with Gasteiger partial charge in [0.25, 0.3) is 0 Å². The van der Waals surface area contributed by atoms with Gasteiger partial charge in [-0.15, -0.1) is 11.3 Å². The minimum atomic E-state index is -1.54. The molecule has 0 fully saturated rings. The molecular formula is C6H9NO3S. The van der Waals surface area contributed by atoms with Crippen molar-refractivity contribution in [1.82, 2.24) is 4.98 Å². The van der Waals surface area contributed by atoms with Gasteiger partial charge in [0, 0.05) is 5.38 Å². The molecule has 1 unspecified atom stereocenters. The van der Waals surface area contributed by atoms with Gasteiger partial charge < -0.3 is 15.3 Å². The first-order valence-corrected chi connectivity index (χ1v) is 3.98. The average molecular weight is 175 g/mol. The second-order valence-electron chi connectivity index (χ2n) is 2.16. The fourth-order valence-electron chi connectivity index (χ4n) is 0.611. The van der Waals surface area contributed by atoms with Gasteiger partial charge in [0.05, 0.1) is 0 Å². The molecule has 0 amide bonds. The van der Waals surface area contributed by atoms with Crippen LogP contribution in [0, 0.1) is 0 Å². The van der Waals surface area contributed by atoms with Crippen LogP contribution in [-0.4, -0.2) is 20.3 Å². The summed E-state index contributed by atoms with van der Waals surface area (Å²) in [5.74, 6) is 0. The third-order valence-corrected chi connectivity index (χ3v) is 2.19. The van der Waals surface area contributed by atoms with E-state index in [4.69, 9.17) is 15.3 Å². The Hall–Kier alpha value is -0.490. The predicted octanol–water partition coefficient (Wildman–Crippen LogP) is 0.180. The number of hydrogen-bond donors (Lipinski definition) is 3. The second kappa shape index (κ2) is 3.27. The molecule has 11 heavy (non-hydrogen) atoms. The Morgan fingerprint density at radius 3 is 2.36 bits per heavy atom. The summed E-state index contributed by atoms with van der Waals surface area (Å²) >= 11 is 1.20. The Kier molecular flexibility index (Phi) is 2.56. The lowest BCUT2D eigenvalue weighted by atomic mass is 10.4. The van der Waals surface area contributed by atoms with Gasteiger partial charge in [-0.3, -0.25) is 0 Å². The highest BCUT2D eigenvalue weighted by Crippen LogP contribution is 2.20. The topological polar surface area (TPSA) is 73.6 Å². The van der Waals surface area contributed by atoms with Crippen molar-refractivity contribution in [2.45, 2.75) is 19.3 Å². The standard InChI is InChI=1S/C6H9NO3S/c1-3(8)5-7-4(2-11-5)6(9)10/h2-3,6,8-10H,1H3. The van der Waals surface area contributed by atoms with Crippen LogP contribution in [-0.2, 0) is 0 Å². The SMILES string of the molecule is CC(O)c1nc(C(O)O)cs1. The molecule has 0 spiro atoms. The van der Waals surface area contributed by atoms with Gasteiger partial charge in [-0.2, -0.15) is 0 Å². The van der Waals surface area contributed by atoms with Crippen LogP contribution in [0.4, 0.5) is 0 Å². The summed E-state index contributed by atoms with van der Waals surface area (Å²) < 4.78 is 0. The van der Waals surface area contributed by atoms with E-state index >= 15 is 0 Å². The Morgan fingerprint density at radius 2 is 2.09 bits per heavy atom. The molecule has 3 N–H and O–H groups in total. The Morgan fingerprint density at radius 1 is 1.45 bits per heavy atom. The average Bonchev–Trinajstić information content (AvgIpc) is 2.33. The Labute approximate surface area is 67.8 Å². The molecule has 1 rings (SSSR count). The summed E-state index contributed by atoms with van der Waals surface area (Å²) in [4.78, 5) is 3.78. The normalized spacial score (nSPS) is 13.9. The van der Waals surface area contributed by atoms with Crippen molar-refractivity contribution in [1.29, 1.82) is 0 Å². The molecule has 1 atom stereocenters. The van der Waals surface area contributed by atoms with Crippen molar-refractivity contribution in [2.24, 2.45) is 0 Å². The van der Waals surface area contributed by atoms with Crippen LogP contribution in [0.1, 0.15) is 30.0 Å². The van der Waals surface area contributed by atoms with Gasteiger partial charge in [0.2, 0.25) is 0 Å². The van der Waals surface area contributed by atoms with E-state index in [0.717, 1.165) is 0 Å². The molecule has 0 aromatic carbocycles. The number of thiazole rings is 1. The number of rotatable bonds is 2. The van der Waals surface area contributed by atoms with Crippen LogP contribution in [0.2, 0.25) is 0 Å². The van der Waals surface area contributed by atoms with Gasteiger partial charge in [0.1, 0.15) is 16.8 Å². The lowest BCUT2D eigenvalue weighted by Gasteiger charge is -1.97. The lowest BCUT2D eigenvalue weighted by molar-refractivity contribution is -0.0456. The molecule has 1 aromatic heterocycles. The van der Waals surface area contributed by atoms with Gasteiger partial charge in [-0.1, -0.05) is 0 Å². The van der Waals surface area contributed by atoms with Crippen molar-refractivity contribution >= 4 is 11.3 Å². The summed E-state index contributed by atoms with van der Waals surface area (Å²) in [7, 11) is 0. The summed E-state index contributed by atoms with van der Waals surface area (Å²) in [5, 5.41) is 28.3. The molecule has 0 bridgehead atoms. The highest BCUT2D eigenvalue weighted by Gasteiger charge is 2.10. The molecule has 4 nitrogen and oxygen atoms in total. The highest BCUT2D eigenvalue weighted by molar-refractivity contribution is 7.09. The Balaban J connectivity index is 2.82. The van der Waals surface area contributed by atoms with Crippen LogP contribution >= 0.6 is 11.3 Å². The lowest BCUT2D eigenvalue weighted by Crippen LogP contribution is -1.96. The van der Waals surface area contributed by atoms with Gasteiger partial charge >= 0.3 is 0 Å². The van der Waals surface area contributed by atoms with Crippen LogP contribution in [0.15, 0.2) is 5.38 Å². The second-order valence-corrected chi connectivity index (χ2v) is 3.05. The molecule has 1 heterocycles. The quantitative estimate of drug-likeness (QED) is 0.560. The zero-order chi connectivity index (χ0) is 8.43. The monoisotopic (exact) mass is 175 g/mol. The number of nitrogens with zero attached hydrogens (tertiary/aromatic N) is 1. The molecule has 1 aromatic rings. The summed E-state index contributed by atoms with van der Waals surface area (Å²) in [6, 6.07) is 0. The first-order valence-electron chi connectivity index (χ1n) is 3.11. The maximum atomic E-state index is 9.00. The van der Waals surface area contributed by atoms with E-state index in [1.165, 1.54) is 16.7 Å². The van der Waals surface area contributed by atoms with E-state index in [1.807, 2.05) is 0 Å². The van der Waals surface area contributed by atoms with E-state index in [2.05, 4.69) is 4.98 Å². The van der Waals surface area contributed by atoms with E-state index in [0.29, 0.717) is 5.01 Å². The first kappa shape index (κ1) is 8.61. The maximum Gasteiger partial charge on any atom is 0.196 e. The van der Waals surface area contributed by atoms with Crippen LogP contribution in [0.3, 0.4) is 0 Å². The summed E-state index contributed by atoms with van der Waals surface area (Å²) in [5.41, 5.74) is 0.186. The number of hydrogen-bond acceptors (Lipinski definition) is 5.